The van der Waals surface area contributed by atoms with Crippen molar-refractivity contribution in [1.82, 2.24) is 0 Å². The van der Waals surface area contributed by atoms with Gasteiger partial charge < -0.3 is 14.8 Å². The molecule has 3 rings (SSSR count). The Morgan fingerprint density at radius 1 is 1.17 bits per heavy atom. The van der Waals surface area contributed by atoms with E-state index in [4.69, 9.17) is 9.47 Å². The third kappa shape index (κ3) is 2.26. The second-order valence-electron chi connectivity index (χ2n) is 6.02. The predicted octanol–water partition coefficient (Wildman–Crippen LogP) is 3.79. The molecule has 1 heterocycles. The topological polar surface area (TPSA) is 30.5 Å². The van der Waals surface area contributed by atoms with Crippen molar-refractivity contribution in [3.8, 4) is 11.5 Å². The molecule has 2 aliphatic rings. The smallest absolute Gasteiger partial charge is 0.246 e. The second-order valence-corrected chi connectivity index (χ2v) is 6.02. The number of ether oxygens (including phenoxy) is 2. The highest BCUT2D eigenvalue weighted by Crippen LogP contribution is 2.41. The molecule has 1 aliphatic heterocycles. The van der Waals surface area contributed by atoms with Gasteiger partial charge in [-0.2, -0.15) is 0 Å². The molecule has 98 valence electrons. The van der Waals surface area contributed by atoms with Crippen LogP contribution in [-0.4, -0.2) is 11.8 Å². The fraction of sp³-hybridized carbons (Fsp3) is 0.600. The Hall–Kier alpha value is -1.38. The summed E-state index contributed by atoms with van der Waals surface area (Å²) < 4.78 is 11.4. The minimum Gasteiger partial charge on any atom is -0.449 e. The minimum absolute atomic E-state index is 0.539. The van der Waals surface area contributed by atoms with Crippen LogP contribution in [0.2, 0.25) is 0 Å². The van der Waals surface area contributed by atoms with E-state index in [1.807, 2.05) is 26.0 Å². The van der Waals surface area contributed by atoms with E-state index in [-0.39, 0.29) is 0 Å². The monoisotopic (exact) mass is 247 g/mol. The van der Waals surface area contributed by atoms with E-state index in [1.165, 1.54) is 19.3 Å². The zero-order valence-electron chi connectivity index (χ0n) is 11.3. The van der Waals surface area contributed by atoms with E-state index in [0.717, 1.165) is 23.1 Å². The van der Waals surface area contributed by atoms with Gasteiger partial charge >= 0.3 is 0 Å². The van der Waals surface area contributed by atoms with Crippen molar-refractivity contribution in [2.24, 2.45) is 5.92 Å². The summed E-state index contributed by atoms with van der Waals surface area (Å²) in [4.78, 5) is 0. The Morgan fingerprint density at radius 3 is 2.67 bits per heavy atom. The van der Waals surface area contributed by atoms with E-state index < -0.39 is 5.79 Å². The van der Waals surface area contributed by atoms with Crippen LogP contribution in [0.3, 0.4) is 0 Å². The highest BCUT2D eigenvalue weighted by molar-refractivity contribution is 5.56. The summed E-state index contributed by atoms with van der Waals surface area (Å²) in [5, 5.41) is 3.59. The van der Waals surface area contributed by atoms with Gasteiger partial charge in [0.15, 0.2) is 11.5 Å². The third-order valence-corrected chi connectivity index (χ3v) is 3.72. The Labute approximate surface area is 108 Å². The molecule has 1 aromatic carbocycles. The van der Waals surface area contributed by atoms with Gasteiger partial charge in [-0.3, -0.25) is 0 Å². The first-order valence-electron chi connectivity index (χ1n) is 6.80. The molecule has 18 heavy (non-hydrogen) atoms. The summed E-state index contributed by atoms with van der Waals surface area (Å²) in [7, 11) is 0. The maximum Gasteiger partial charge on any atom is 0.246 e. The summed E-state index contributed by atoms with van der Waals surface area (Å²) in [6.07, 6.45) is 3.86. The van der Waals surface area contributed by atoms with Crippen molar-refractivity contribution >= 4 is 5.69 Å². The van der Waals surface area contributed by atoms with Crippen LogP contribution in [0.4, 0.5) is 5.69 Å². The van der Waals surface area contributed by atoms with E-state index >= 15 is 0 Å². The van der Waals surface area contributed by atoms with Crippen molar-refractivity contribution in [2.75, 3.05) is 5.32 Å². The normalized spacial score (nSPS) is 28.4. The number of benzene rings is 1. The molecule has 2 atom stereocenters. The van der Waals surface area contributed by atoms with E-state index in [0.29, 0.717) is 6.04 Å². The van der Waals surface area contributed by atoms with E-state index in [1.54, 1.807) is 0 Å². The molecule has 3 heteroatoms. The largest absolute Gasteiger partial charge is 0.449 e. The van der Waals surface area contributed by atoms with E-state index in [2.05, 4.69) is 18.3 Å². The van der Waals surface area contributed by atoms with Crippen molar-refractivity contribution in [3.63, 3.8) is 0 Å². The van der Waals surface area contributed by atoms with Gasteiger partial charge in [0.1, 0.15) is 0 Å². The molecular formula is C15H21NO2. The molecule has 1 aromatic rings. The molecule has 0 radical (unpaired) electrons. The van der Waals surface area contributed by atoms with Crippen molar-refractivity contribution in [1.29, 1.82) is 0 Å². The molecule has 0 amide bonds. The van der Waals surface area contributed by atoms with Crippen LogP contribution in [0.25, 0.3) is 0 Å². The molecule has 1 N–H and O–H groups in total. The average molecular weight is 247 g/mol. The molecule has 0 saturated heterocycles. The van der Waals surface area contributed by atoms with Crippen LogP contribution in [0.1, 0.15) is 40.0 Å². The van der Waals surface area contributed by atoms with Crippen LogP contribution in [0.15, 0.2) is 18.2 Å². The lowest BCUT2D eigenvalue weighted by Gasteiger charge is -2.16. The van der Waals surface area contributed by atoms with Crippen LogP contribution in [0, 0.1) is 5.92 Å². The van der Waals surface area contributed by atoms with E-state index in [9.17, 15) is 0 Å². The van der Waals surface area contributed by atoms with Crippen LogP contribution >= 0.6 is 0 Å². The van der Waals surface area contributed by atoms with Crippen LogP contribution < -0.4 is 14.8 Å². The van der Waals surface area contributed by atoms with Gasteiger partial charge in [0, 0.05) is 31.6 Å². The lowest BCUT2D eigenvalue weighted by molar-refractivity contribution is -0.0431. The molecule has 3 nitrogen and oxygen atoms in total. The standard InChI is InChI=1S/C15H21NO2/c1-10-4-5-11(8-10)16-12-6-7-13-14(9-12)18-15(2,3)17-13/h6-7,9-11,16H,4-5,8H2,1-3H3. The number of rotatable bonds is 2. The fourth-order valence-electron chi connectivity index (χ4n) is 2.89. The third-order valence-electron chi connectivity index (χ3n) is 3.72. The SMILES string of the molecule is CC1CCC(Nc2ccc3c(c2)OC(C)(C)O3)C1. The molecule has 0 spiro atoms. The molecule has 0 aromatic heterocycles. The maximum atomic E-state index is 5.76. The average Bonchev–Trinajstić information content (AvgIpc) is 2.80. The van der Waals surface area contributed by atoms with Crippen molar-refractivity contribution < 1.29 is 9.47 Å². The highest BCUT2D eigenvalue weighted by atomic mass is 16.7. The quantitative estimate of drug-likeness (QED) is 0.862. The minimum atomic E-state index is -0.539. The van der Waals surface area contributed by atoms with Gasteiger partial charge in [-0.25, -0.2) is 0 Å². The van der Waals surface area contributed by atoms with Crippen molar-refractivity contribution in [3.05, 3.63) is 18.2 Å². The molecule has 0 bridgehead atoms. The number of hydrogen-bond acceptors (Lipinski definition) is 3. The number of fused-ring (bicyclic) bond motifs is 1. The van der Waals surface area contributed by atoms with Gasteiger partial charge in [-0.1, -0.05) is 6.92 Å². The van der Waals surface area contributed by atoms with Gasteiger partial charge in [-0.15, -0.1) is 0 Å². The number of nitrogens with one attached hydrogen (secondary N) is 1. The number of hydrogen-bond donors (Lipinski definition) is 1. The predicted molar refractivity (Wildman–Crippen MR) is 72.2 cm³/mol. The van der Waals surface area contributed by atoms with Gasteiger partial charge in [-0.05, 0) is 37.3 Å². The lowest BCUT2D eigenvalue weighted by atomic mass is 10.1. The first kappa shape index (κ1) is 11.7. The Balaban J connectivity index is 1.72. The fourth-order valence-corrected chi connectivity index (χ4v) is 2.89. The molecule has 1 fully saturated rings. The number of anilines is 1. The zero-order valence-corrected chi connectivity index (χ0v) is 11.3. The van der Waals surface area contributed by atoms with Gasteiger partial charge in [0.05, 0.1) is 0 Å². The van der Waals surface area contributed by atoms with Crippen LogP contribution in [0.5, 0.6) is 11.5 Å². The molecule has 1 aliphatic carbocycles. The Kier molecular flexibility index (Phi) is 2.65. The maximum absolute atomic E-state index is 5.76. The summed E-state index contributed by atoms with van der Waals surface area (Å²) in [5.41, 5.74) is 1.13. The molecular weight excluding hydrogens is 226 g/mol. The zero-order chi connectivity index (χ0) is 12.8. The summed E-state index contributed by atoms with van der Waals surface area (Å²) in [6.45, 7) is 6.18. The summed E-state index contributed by atoms with van der Waals surface area (Å²) in [6, 6.07) is 6.72. The van der Waals surface area contributed by atoms with Gasteiger partial charge in [0.25, 0.3) is 0 Å². The first-order valence-corrected chi connectivity index (χ1v) is 6.80. The molecule has 2 unspecified atom stereocenters. The van der Waals surface area contributed by atoms with Crippen LogP contribution in [-0.2, 0) is 0 Å². The lowest BCUT2D eigenvalue weighted by Crippen LogP contribution is -2.29. The first-order chi connectivity index (χ1) is 8.52. The van der Waals surface area contributed by atoms with Gasteiger partial charge in [0.2, 0.25) is 5.79 Å². The summed E-state index contributed by atoms with van der Waals surface area (Å²) >= 11 is 0. The molecule has 1 saturated carbocycles. The Bertz CT molecular complexity index is 456. The Morgan fingerprint density at radius 2 is 1.94 bits per heavy atom. The summed E-state index contributed by atoms with van der Waals surface area (Å²) in [5.74, 6) is 1.99. The van der Waals surface area contributed by atoms with Crippen molar-refractivity contribution in [2.45, 2.75) is 51.9 Å². The highest BCUT2D eigenvalue weighted by Gasteiger charge is 2.31. The second kappa shape index (κ2) is 4.08.